The molecular weight excluding hydrogens is 400 g/mol. The number of amidine groups is 1. The number of phenols is 1. The summed E-state index contributed by atoms with van der Waals surface area (Å²) in [5.41, 5.74) is 1.55. The number of benzene rings is 2. The topological polar surface area (TPSA) is 73.7 Å². The van der Waals surface area contributed by atoms with E-state index >= 15 is 0 Å². The molecule has 0 bridgehead atoms. The van der Waals surface area contributed by atoms with Gasteiger partial charge in [-0.05, 0) is 29.3 Å². The average Bonchev–Trinajstić information content (AvgIpc) is 2.31. The van der Waals surface area contributed by atoms with Gasteiger partial charge in [-0.3, -0.25) is 5.84 Å². The van der Waals surface area contributed by atoms with Crippen molar-refractivity contribution in [2.24, 2.45) is 0 Å². The van der Waals surface area contributed by atoms with Gasteiger partial charge in [0, 0.05) is 5.56 Å². The van der Waals surface area contributed by atoms with Crippen LogP contribution in [-0.2, 0) is 21.1 Å². The van der Waals surface area contributed by atoms with Crippen molar-refractivity contribution in [3.8, 4) is 5.75 Å². The predicted octanol–water partition coefficient (Wildman–Crippen LogP) is 2.69. The molecule has 2 aromatic rings. The standard InChI is InChI=1S/C13H9N2O2.W/c1-6-7-3-2-4-8-11(7)9(5-10(6)16)13(17)15-12(8)14;/h2-5H,1H3,(H2-,14,15,16,17);/q-1;+2/p-1. The fourth-order valence-corrected chi connectivity index (χ4v) is 2.18. The van der Waals surface area contributed by atoms with E-state index in [4.69, 9.17) is 0 Å². The molecule has 0 radical (unpaired) electrons. The third-order valence-corrected chi connectivity index (χ3v) is 3.08. The summed E-state index contributed by atoms with van der Waals surface area (Å²) in [7, 11) is 0. The van der Waals surface area contributed by atoms with Gasteiger partial charge in [0.05, 0.1) is 5.91 Å². The third kappa shape index (κ3) is 1.57. The van der Waals surface area contributed by atoms with Crippen LogP contribution in [0.3, 0.4) is 0 Å². The zero-order chi connectivity index (χ0) is 12.2. The summed E-state index contributed by atoms with van der Waals surface area (Å²) in [5.74, 6) is -0.728. The molecule has 0 fully saturated rings. The normalized spacial score (nSPS) is 13.2. The molecule has 4 nitrogen and oxygen atoms in total. The van der Waals surface area contributed by atoms with Crippen molar-refractivity contribution in [2.45, 2.75) is 6.92 Å². The number of carbonyl (C=O) groups is 1. The van der Waals surface area contributed by atoms with Gasteiger partial charge in [-0.2, -0.15) is 0 Å². The van der Waals surface area contributed by atoms with Crippen LogP contribution >= 0.6 is 0 Å². The summed E-state index contributed by atoms with van der Waals surface area (Å²) in [5, 5.41) is 24.4. The molecule has 1 aliphatic rings. The van der Waals surface area contributed by atoms with E-state index in [0.717, 1.165) is 5.39 Å². The number of hydrogen-bond acceptors (Lipinski definition) is 2. The Balaban J connectivity index is 0.00000120. The second-order valence-electron chi connectivity index (χ2n) is 4.04. The van der Waals surface area contributed by atoms with Gasteiger partial charge < -0.3 is 20.6 Å². The zero-order valence-corrected chi connectivity index (χ0v) is 12.4. The number of aryl methyl sites for hydroxylation is 1. The molecule has 2 aromatic carbocycles. The SMILES string of the molecule is Cc1c(O)cc2c3c(cccc13)C(=[N-])[N-]C2=O.[W+2]. The Morgan fingerprint density at radius 1 is 1.28 bits per heavy atom. The largest absolute Gasteiger partial charge is 2.00 e. The van der Waals surface area contributed by atoms with Crippen molar-refractivity contribution in [1.29, 1.82) is 0 Å². The van der Waals surface area contributed by atoms with E-state index in [1.165, 1.54) is 6.07 Å². The molecule has 0 saturated heterocycles. The maximum atomic E-state index is 11.7. The molecule has 0 spiro atoms. The summed E-state index contributed by atoms with van der Waals surface area (Å²) in [6, 6.07) is 6.67. The Labute approximate surface area is 118 Å². The fourth-order valence-electron chi connectivity index (χ4n) is 2.18. The van der Waals surface area contributed by atoms with Crippen LogP contribution in [0.4, 0.5) is 0 Å². The first-order valence-corrected chi connectivity index (χ1v) is 5.17. The molecule has 0 saturated carbocycles. The number of aromatic hydroxyl groups is 1. The number of rotatable bonds is 0. The van der Waals surface area contributed by atoms with Gasteiger partial charge in [0.25, 0.3) is 0 Å². The summed E-state index contributed by atoms with van der Waals surface area (Å²) in [4.78, 5) is 11.7. The molecule has 1 aliphatic heterocycles. The summed E-state index contributed by atoms with van der Waals surface area (Å²) < 4.78 is 0. The van der Waals surface area contributed by atoms with Crippen molar-refractivity contribution in [3.63, 3.8) is 0 Å². The first-order chi connectivity index (χ1) is 8.09. The van der Waals surface area contributed by atoms with Crippen LogP contribution in [0, 0.1) is 6.92 Å². The maximum absolute atomic E-state index is 11.7. The Bertz CT molecular complexity index is 695. The average molecular weight is 408 g/mol. The summed E-state index contributed by atoms with van der Waals surface area (Å²) in [6.07, 6.45) is 0. The minimum absolute atomic E-state index is 0. The van der Waals surface area contributed by atoms with Crippen molar-refractivity contribution in [3.05, 3.63) is 51.7 Å². The number of phenolic OH excluding ortho intramolecular Hbond substituents is 1. The summed E-state index contributed by atoms with van der Waals surface area (Å²) >= 11 is 0. The van der Waals surface area contributed by atoms with E-state index in [9.17, 15) is 15.3 Å². The van der Waals surface area contributed by atoms with Gasteiger partial charge in [-0.15, -0.1) is 0 Å². The van der Waals surface area contributed by atoms with Gasteiger partial charge in [0.15, 0.2) is 0 Å². The predicted molar refractivity (Wildman–Crippen MR) is 65.5 cm³/mol. The Kier molecular flexibility index (Phi) is 2.99. The first-order valence-electron chi connectivity index (χ1n) is 5.17. The molecule has 1 amide bonds. The van der Waals surface area contributed by atoms with E-state index in [-0.39, 0.29) is 32.7 Å². The Morgan fingerprint density at radius 3 is 2.72 bits per heavy atom. The smallest absolute Gasteiger partial charge is 0.824 e. The molecular formula is C13H8N2O2W. The molecule has 1 N–H and O–H groups in total. The van der Waals surface area contributed by atoms with Crippen molar-refractivity contribution < 1.29 is 31.0 Å². The van der Waals surface area contributed by atoms with Crippen LogP contribution in [0.25, 0.3) is 21.5 Å². The second kappa shape index (κ2) is 4.21. The van der Waals surface area contributed by atoms with E-state index < -0.39 is 5.91 Å². The van der Waals surface area contributed by atoms with Gasteiger partial charge in [-0.1, -0.05) is 23.8 Å². The first kappa shape index (κ1) is 12.8. The third-order valence-electron chi connectivity index (χ3n) is 3.08. The molecule has 0 atom stereocenters. The molecule has 88 valence electrons. The molecule has 3 rings (SSSR count). The second-order valence-corrected chi connectivity index (χ2v) is 4.04. The van der Waals surface area contributed by atoms with Gasteiger partial charge >= 0.3 is 21.1 Å². The maximum Gasteiger partial charge on any atom is 2.00 e. The molecule has 0 aromatic heterocycles. The van der Waals surface area contributed by atoms with Crippen LogP contribution < -0.4 is 0 Å². The minimum atomic E-state index is -0.526. The van der Waals surface area contributed by atoms with Crippen LogP contribution in [0.5, 0.6) is 5.75 Å². The monoisotopic (exact) mass is 408 g/mol. The van der Waals surface area contributed by atoms with E-state index in [0.29, 0.717) is 22.1 Å². The van der Waals surface area contributed by atoms with E-state index in [1.807, 2.05) is 6.07 Å². The Morgan fingerprint density at radius 2 is 2.00 bits per heavy atom. The van der Waals surface area contributed by atoms with Crippen molar-refractivity contribution in [2.75, 3.05) is 0 Å². The minimum Gasteiger partial charge on any atom is -0.824 e. The van der Waals surface area contributed by atoms with E-state index in [1.54, 1.807) is 19.1 Å². The molecule has 0 aliphatic carbocycles. The van der Waals surface area contributed by atoms with Crippen LogP contribution in [0.15, 0.2) is 24.3 Å². The quantitative estimate of drug-likeness (QED) is 0.728. The van der Waals surface area contributed by atoms with Crippen molar-refractivity contribution >= 4 is 22.5 Å². The van der Waals surface area contributed by atoms with Gasteiger partial charge in [-0.25, -0.2) is 0 Å². The molecule has 0 unspecified atom stereocenters. The number of nitrogens with zero attached hydrogens (tertiary/aromatic N) is 2. The molecule has 1 heterocycles. The Hall–Kier alpha value is -1.67. The molecule has 5 heteroatoms. The van der Waals surface area contributed by atoms with Crippen LogP contribution in [0.1, 0.15) is 21.5 Å². The van der Waals surface area contributed by atoms with Crippen LogP contribution in [-0.4, -0.2) is 16.8 Å². The molecule has 18 heavy (non-hydrogen) atoms. The zero-order valence-electron chi connectivity index (χ0n) is 9.47. The van der Waals surface area contributed by atoms with Crippen molar-refractivity contribution in [1.82, 2.24) is 0 Å². The van der Waals surface area contributed by atoms with Gasteiger partial charge in [0.2, 0.25) is 0 Å². The number of amides is 1. The number of hydrogen-bond donors (Lipinski definition) is 1. The summed E-state index contributed by atoms with van der Waals surface area (Å²) in [6.45, 7) is 1.77. The van der Waals surface area contributed by atoms with Gasteiger partial charge in [0.1, 0.15) is 5.75 Å². The number of carbonyl (C=O) groups excluding carboxylic acids is 1. The van der Waals surface area contributed by atoms with E-state index in [2.05, 4.69) is 5.32 Å². The fraction of sp³-hybridized carbons (Fsp3) is 0.0769. The van der Waals surface area contributed by atoms with Crippen LogP contribution in [0.2, 0.25) is 0 Å².